The Morgan fingerprint density at radius 3 is 2.62 bits per heavy atom. The highest BCUT2D eigenvalue weighted by molar-refractivity contribution is 9.10. The van der Waals surface area contributed by atoms with Crippen LogP contribution in [0.2, 0.25) is 0 Å². The first-order valence-electron chi connectivity index (χ1n) is 5.79. The van der Waals surface area contributed by atoms with Gasteiger partial charge < -0.3 is 5.11 Å². The van der Waals surface area contributed by atoms with Gasteiger partial charge in [0.2, 0.25) is 0 Å². The van der Waals surface area contributed by atoms with Gasteiger partial charge in [0.05, 0.1) is 5.69 Å². The Bertz CT molecular complexity index is 814. The van der Waals surface area contributed by atoms with Crippen LogP contribution in [0.5, 0.6) is 0 Å². The van der Waals surface area contributed by atoms with E-state index in [0.717, 1.165) is 10.0 Å². The van der Waals surface area contributed by atoms with Crippen molar-refractivity contribution in [2.24, 2.45) is 0 Å². The molecule has 0 amide bonds. The molecule has 7 nitrogen and oxygen atoms in total. The number of rotatable bonds is 4. The Kier molecular flexibility index (Phi) is 4.06. The minimum Gasteiger partial charge on any atom is -0.476 e. The van der Waals surface area contributed by atoms with E-state index in [1.807, 2.05) is 6.92 Å². The second-order valence-corrected chi connectivity index (χ2v) is 6.87. The number of anilines is 1. The molecule has 2 rings (SSSR count). The van der Waals surface area contributed by atoms with Crippen LogP contribution in [-0.2, 0) is 10.0 Å². The Labute approximate surface area is 129 Å². The smallest absolute Gasteiger partial charge is 0.357 e. The Morgan fingerprint density at radius 1 is 1.38 bits per heavy atom. The van der Waals surface area contributed by atoms with Crippen LogP contribution in [0.1, 0.15) is 21.7 Å². The van der Waals surface area contributed by atoms with E-state index in [1.165, 1.54) is 6.92 Å². The van der Waals surface area contributed by atoms with Crippen molar-refractivity contribution < 1.29 is 18.3 Å². The number of carbonyl (C=O) groups is 1. The highest BCUT2D eigenvalue weighted by Gasteiger charge is 2.28. The van der Waals surface area contributed by atoms with Gasteiger partial charge in [-0.1, -0.05) is 22.0 Å². The first-order chi connectivity index (χ1) is 9.72. The van der Waals surface area contributed by atoms with E-state index in [9.17, 15) is 13.2 Å². The number of sulfonamides is 1. The van der Waals surface area contributed by atoms with Gasteiger partial charge in [-0.15, -0.1) is 0 Å². The second kappa shape index (κ2) is 5.49. The van der Waals surface area contributed by atoms with Crippen molar-refractivity contribution in [2.45, 2.75) is 18.7 Å². The zero-order chi connectivity index (χ0) is 15.8. The minimum atomic E-state index is -4.05. The van der Waals surface area contributed by atoms with Crippen molar-refractivity contribution in [3.8, 4) is 0 Å². The molecule has 2 aromatic rings. The fraction of sp³-hybridized carbons (Fsp3) is 0.167. The Balaban J connectivity index is 2.45. The summed E-state index contributed by atoms with van der Waals surface area (Å²) in [5.74, 6) is -1.41. The van der Waals surface area contributed by atoms with Crippen molar-refractivity contribution in [3.05, 3.63) is 39.6 Å². The van der Waals surface area contributed by atoms with Crippen molar-refractivity contribution in [2.75, 3.05) is 4.72 Å². The number of carboxylic acids is 1. The van der Waals surface area contributed by atoms with Crippen LogP contribution in [0.15, 0.2) is 27.6 Å². The fourth-order valence-corrected chi connectivity index (χ4v) is 3.51. The van der Waals surface area contributed by atoms with Gasteiger partial charge in [-0.2, -0.15) is 5.10 Å². The van der Waals surface area contributed by atoms with Crippen molar-refractivity contribution in [3.63, 3.8) is 0 Å². The molecule has 1 aromatic heterocycles. The number of benzene rings is 1. The maximum Gasteiger partial charge on any atom is 0.357 e. The zero-order valence-electron chi connectivity index (χ0n) is 11.1. The predicted molar refractivity (Wildman–Crippen MR) is 80.0 cm³/mol. The van der Waals surface area contributed by atoms with Gasteiger partial charge in [0.15, 0.2) is 5.69 Å². The summed E-state index contributed by atoms with van der Waals surface area (Å²) in [6.07, 6.45) is 0. The van der Waals surface area contributed by atoms with Crippen LogP contribution in [0.4, 0.5) is 5.69 Å². The lowest BCUT2D eigenvalue weighted by atomic mass is 10.2. The lowest BCUT2D eigenvalue weighted by molar-refractivity contribution is 0.0686. The molecule has 0 aliphatic carbocycles. The van der Waals surface area contributed by atoms with Gasteiger partial charge in [-0.3, -0.25) is 9.82 Å². The molecule has 0 saturated heterocycles. The number of aromatic amines is 1. The largest absolute Gasteiger partial charge is 0.476 e. The first kappa shape index (κ1) is 15.5. The lowest BCUT2D eigenvalue weighted by Crippen LogP contribution is -2.17. The van der Waals surface area contributed by atoms with E-state index in [4.69, 9.17) is 5.11 Å². The van der Waals surface area contributed by atoms with Gasteiger partial charge in [-0.25, -0.2) is 13.2 Å². The number of H-pyrrole nitrogens is 1. The SMILES string of the molecule is Cc1ccc(NS(=O)(=O)c2c(C(=O)O)n[nH]c2C)cc1Br. The third-order valence-electron chi connectivity index (χ3n) is 2.79. The molecule has 21 heavy (non-hydrogen) atoms. The van der Waals surface area contributed by atoms with Gasteiger partial charge in [0, 0.05) is 10.2 Å². The number of nitrogens with zero attached hydrogens (tertiary/aromatic N) is 1. The molecular weight excluding hydrogens is 362 g/mol. The highest BCUT2D eigenvalue weighted by Crippen LogP contribution is 2.25. The summed E-state index contributed by atoms with van der Waals surface area (Å²) >= 11 is 3.31. The number of nitrogens with one attached hydrogen (secondary N) is 2. The number of hydrogen-bond acceptors (Lipinski definition) is 4. The molecule has 112 valence electrons. The molecule has 0 spiro atoms. The van der Waals surface area contributed by atoms with Crippen LogP contribution >= 0.6 is 15.9 Å². The second-order valence-electron chi connectivity index (χ2n) is 4.40. The molecule has 0 bridgehead atoms. The van der Waals surface area contributed by atoms with Crippen LogP contribution in [0, 0.1) is 13.8 Å². The first-order valence-corrected chi connectivity index (χ1v) is 8.07. The summed E-state index contributed by atoms with van der Waals surface area (Å²) in [7, 11) is -4.05. The van der Waals surface area contributed by atoms with Crippen LogP contribution < -0.4 is 4.72 Å². The number of aromatic carboxylic acids is 1. The van der Waals surface area contributed by atoms with Crippen molar-refractivity contribution in [1.29, 1.82) is 0 Å². The Morgan fingerprint density at radius 2 is 2.05 bits per heavy atom. The molecule has 1 aromatic carbocycles. The van der Waals surface area contributed by atoms with E-state index in [2.05, 4.69) is 30.8 Å². The monoisotopic (exact) mass is 373 g/mol. The molecule has 1 heterocycles. The average Bonchev–Trinajstić information content (AvgIpc) is 2.76. The Hall–Kier alpha value is -1.87. The molecule has 3 N–H and O–H groups in total. The average molecular weight is 374 g/mol. The fourth-order valence-electron chi connectivity index (χ4n) is 1.76. The van der Waals surface area contributed by atoms with Gasteiger partial charge >= 0.3 is 5.97 Å². The van der Waals surface area contributed by atoms with E-state index in [1.54, 1.807) is 18.2 Å². The van der Waals surface area contributed by atoms with E-state index < -0.39 is 21.7 Å². The van der Waals surface area contributed by atoms with Crippen LogP contribution in [0.25, 0.3) is 0 Å². The molecular formula is C12H12BrN3O4S. The van der Waals surface area contributed by atoms with E-state index in [-0.39, 0.29) is 10.6 Å². The quantitative estimate of drug-likeness (QED) is 0.760. The molecule has 0 unspecified atom stereocenters. The van der Waals surface area contributed by atoms with Gasteiger partial charge in [0.25, 0.3) is 10.0 Å². The molecule has 0 atom stereocenters. The number of halogens is 1. The summed E-state index contributed by atoms with van der Waals surface area (Å²) in [5.41, 5.74) is 0.894. The lowest BCUT2D eigenvalue weighted by Gasteiger charge is -2.09. The number of aromatic nitrogens is 2. The molecule has 0 aliphatic rings. The molecule has 0 fully saturated rings. The number of carboxylic acid groups (broad SMARTS) is 1. The third kappa shape index (κ3) is 3.08. The number of hydrogen-bond donors (Lipinski definition) is 3. The summed E-state index contributed by atoms with van der Waals surface area (Å²) in [6, 6.07) is 4.93. The predicted octanol–water partition coefficient (Wildman–Crippen LogP) is 2.29. The molecule has 0 aliphatic heterocycles. The maximum atomic E-state index is 12.4. The van der Waals surface area contributed by atoms with Crippen molar-refractivity contribution in [1.82, 2.24) is 10.2 Å². The summed E-state index contributed by atoms with van der Waals surface area (Å²) in [4.78, 5) is 10.7. The van der Waals surface area contributed by atoms with Gasteiger partial charge in [-0.05, 0) is 31.5 Å². The zero-order valence-corrected chi connectivity index (χ0v) is 13.5. The van der Waals surface area contributed by atoms with Crippen LogP contribution in [0.3, 0.4) is 0 Å². The van der Waals surface area contributed by atoms with E-state index >= 15 is 0 Å². The van der Waals surface area contributed by atoms with Crippen LogP contribution in [-0.4, -0.2) is 29.7 Å². The van der Waals surface area contributed by atoms with E-state index in [0.29, 0.717) is 5.69 Å². The third-order valence-corrected chi connectivity index (χ3v) is 5.18. The highest BCUT2D eigenvalue weighted by atomic mass is 79.9. The molecule has 9 heteroatoms. The summed E-state index contributed by atoms with van der Waals surface area (Å²) < 4.78 is 27.8. The topological polar surface area (TPSA) is 112 Å². The molecule has 0 radical (unpaired) electrons. The minimum absolute atomic E-state index is 0.158. The standard InChI is InChI=1S/C12H12BrN3O4S/c1-6-3-4-8(5-9(6)13)16-21(19,20)11-7(2)14-15-10(11)12(17)18/h3-5,16H,1-2H3,(H,14,15)(H,17,18). The van der Waals surface area contributed by atoms with Gasteiger partial charge in [0.1, 0.15) is 4.90 Å². The number of aryl methyl sites for hydroxylation is 2. The summed E-state index contributed by atoms with van der Waals surface area (Å²) in [5, 5.41) is 14.9. The maximum absolute atomic E-state index is 12.4. The molecule has 0 saturated carbocycles. The summed E-state index contributed by atoms with van der Waals surface area (Å²) in [6.45, 7) is 3.31. The normalized spacial score (nSPS) is 11.4. The van der Waals surface area contributed by atoms with Crippen molar-refractivity contribution >= 4 is 37.6 Å².